The summed E-state index contributed by atoms with van der Waals surface area (Å²) < 4.78 is 8.68. The van der Waals surface area contributed by atoms with Crippen molar-refractivity contribution in [1.82, 2.24) is 40.4 Å². The van der Waals surface area contributed by atoms with Gasteiger partial charge in [0.05, 0.1) is 12.8 Å². The third-order valence-corrected chi connectivity index (χ3v) is 4.50. The van der Waals surface area contributed by atoms with Crippen molar-refractivity contribution in [1.29, 1.82) is 0 Å². The number of benzene rings is 2. The third-order valence-electron chi connectivity index (χ3n) is 3.63. The lowest BCUT2D eigenvalue weighted by Crippen LogP contribution is -2.04. The lowest BCUT2D eigenvalue weighted by Gasteiger charge is -2.10. The molecule has 0 N–H and O–H groups in total. The van der Waals surface area contributed by atoms with E-state index < -0.39 is 0 Å². The van der Waals surface area contributed by atoms with Crippen LogP contribution in [0.5, 0.6) is 5.75 Å². The number of aryl methyl sites for hydroxylation is 1. The summed E-state index contributed by atoms with van der Waals surface area (Å²) in [7, 11) is 1.61. The van der Waals surface area contributed by atoms with Crippen molar-refractivity contribution < 1.29 is 4.74 Å². The van der Waals surface area contributed by atoms with Gasteiger partial charge in [-0.15, -0.1) is 10.2 Å². The van der Waals surface area contributed by atoms with Crippen LogP contribution >= 0.6 is 11.8 Å². The van der Waals surface area contributed by atoms with Gasteiger partial charge in [0.15, 0.2) is 0 Å². The number of methoxy groups -OCH3 is 1. The molecule has 0 saturated carbocycles. The topological polar surface area (TPSA) is 96.4 Å². The molecular weight excluding hydrogens is 352 g/mol. The van der Waals surface area contributed by atoms with Crippen LogP contribution in [0.1, 0.15) is 5.56 Å². The minimum atomic E-state index is 0.529. The van der Waals surface area contributed by atoms with Crippen LogP contribution < -0.4 is 4.74 Å². The second-order valence-electron chi connectivity index (χ2n) is 5.36. The molecule has 0 radical (unpaired) electrons. The highest BCUT2D eigenvalue weighted by Gasteiger charge is 2.18. The molecule has 0 spiro atoms. The second kappa shape index (κ2) is 6.92. The van der Waals surface area contributed by atoms with Crippen LogP contribution in [0.3, 0.4) is 0 Å². The average Bonchev–Trinajstić information content (AvgIpc) is 3.32. The quantitative estimate of drug-likeness (QED) is 0.530. The normalized spacial score (nSPS) is 10.8. The molecular formula is C16H14N8OS. The Hall–Kier alpha value is -3.27. The maximum atomic E-state index is 5.44. The van der Waals surface area contributed by atoms with Gasteiger partial charge in [0.1, 0.15) is 11.4 Å². The van der Waals surface area contributed by atoms with Crippen molar-refractivity contribution in [3.05, 3.63) is 54.1 Å². The first-order chi connectivity index (χ1) is 12.8. The standard InChI is InChI=1S/C16H14N8OS/c1-11-8-9-14(25-2)13(10-11)24-16(18-20-22-24)26-15-17-19-21-23(15)12-6-4-3-5-7-12/h3-10H,1-2H3. The van der Waals surface area contributed by atoms with Gasteiger partial charge in [-0.2, -0.15) is 9.36 Å². The van der Waals surface area contributed by atoms with Crippen molar-refractivity contribution >= 4 is 11.8 Å². The van der Waals surface area contributed by atoms with Gasteiger partial charge < -0.3 is 4.74 Å². The molecule has 130 valence electrons. The van der Waals surface area contributed by atoms with Crippen LogP contribution in [-0.4, -0.2) is 47.5 Å². The zero-order valence-electron chi connectivity index (χ0n) is 14.0. The molecule has 9 nitrogen and oxygen atoms in total. The average molecular weight is 366 g/mol. The molecule has 0 aliphatic carbocycles. The molecule has 26 heavy (non-hydrogen) atoms. The van der Waals surface area contributed by atoms with Gasteiger partial charge in [-0.3, -0.25) is 0 Å². The highest BCUT2D eigenvalue weighted by Crippen LogP contribution is 2.30. The number of aromatic nitrogens is 8. The Morgan fingerprint density at radius 3 is 2.31 bits per heavy atom. The first kappa shape index (κ1) is 16.2. The Balaban J connectivity index is 1.72. The van der Waals surface area contributed by atoms with Gasteiger partial charge >= 0.3 is 0 Å². The van der Waals surface area contributed by atoms with E-state index in [0.29, 0.717) is 16.1 Å². The van der Waals surface area contributed by atoms with Crippen LogP contribution in [0, 0.1) is 6.92 Å². The molecule has 4 aromatic rings. The van der Waals surface area contributed by atoms with Crippen LogP contribution in [0.25, 0.3) is 11.4 Å². The highest BCUT2D eigenvalue weighted by atomic mass is 32.2. The molecule has 2 heterocycles. The van der Waals surface area contributed by atoms with Gasteiger partial charge in [-0.1, -0.05) is 24.3 Å². The van der Waals surface area contributed by atoms with Crippen molar-refractivity contribution in [2.45, 2.75) is 17.2 Å². The van der Waals surface area contributed by atoms with E-state index in [2.05, 4.69) is 31.1 Å². The highest BCUT2D eigenvalue weighted by molar-refractivity contribution is 7.99. The number of hydrogen-bond donors (Lipinski definition) is 0. The van der Waals surface area contributed by atoms with Crippen LogP contribution in [0.2, 0.25) is 0 Å². The number of rotatable bonds is 5. The fourth-order valence-electron chi connectivity index (χ4n) is 2.41. The summed E-state index contributed by atoms with van der Waals surface area (Å²) in [6.45, 7) is 2.00. The summed E-state index contributed by atoms with van der Waals surface area (Å²) in [5.74, 6) is 0.674. The van der Waals surface area contributed by atoms with E-state index in [4.69, 9.17) is 4.74 Å². The van der Waals surface area contributed by atoms with E-state index in [-0.39, 0.29) is 0 Å². The van der Waals surface area contributed by atoms with Crippen LogP contribution in [0.15, 0.2) is 58.8 Å². The summed E-state index contributed by atoms with van der Waals surface area (Å²) in [6, 6.07) is 15.4. The smallest absolute Gasteiger partial charge is 0.222 e. The maximum Gasteiger partial charge on any atom is 0.222 e. The lowest BCUT2D eigenvalue weighted by molar-refractivity contribution is 0.410. The van der Waals surface area contributed by atoms with E-state index in [1.54, 1.807) is 16.5 Å². The Bertz CT molecular complexity index is 1030. The molecule has 0 unspecified atom stereocenters. The molecule has 0 saturated heterocycles. The molecule has 4 rings (SSSR count). The zero-order valence-corrected chi connectivity index (χ0v) is 14.8. The number of tetrazole rings is 2. The lowest BCUT2D eigenvalue weighted by atomic mass is 10.2. The Kier molecular flexibility index (Phi) is 4.32. The maximum absolute atomic E-state index is 5.44. The summed E-state index contributed by atoms with van der Waals surface area (Å²) >= 11 is 1.27. The van der Waals surface area contributed by atoms with Crippen molar-refractivity contribution in [2.24, 2.45) is 0 Å². The number of hydrogen-bond acceptors (Lipinski definition) is 8. The van der Waals surface area contributed by atoms with Gasteiger partial charge in [0, 0.05) is 0 Å². The Labute approximate surface area is 153 Å². The second-order valence-corrected chi connectivity index (χ2v) is 6.29. The van der Waals surface area contributed by atoms with Crippen molar-refractivity contribution in [3.8, 4) is 17.1 Å². The molecule has 0 aliphatic rings. The summed E-state index contributed by atoms with van der Waals surface area (Å²) in [5, 5.41) is 25.0. The number of ether oxygens (including phenoxy) is 1. The molecule has 2 aromatic heterocycles. The summed E-state index contributed by atoms with van der Waals surface area (Å²) in [5.41, 5.74) is 2.67. The first-order valence-electron chi connectivity index (χ1n) is 7.71. The summed E-state index contributed by atoms with van der Waals surface area (Å²) in [6.07, 6.45) is 0. The monoisotopic (exact) mass is 366 g/mol. The van der Waals surface area contributed by atoms with E-state index in [1.807, 2.05) is 55.5 Å². The molecule has 2 aromatic carbocycles. The minimum Gasteiger partial charge on any atom is -0.494 e. The van der Waals surface area contributed by atoms with E-state index in [0.717, 1.165) is 16.9 Å². The zero-order chi connectivity index (χ0) is 17.9. The van der Waals surface area contributed by atoms with Crippen LogP contribution in [-0.2, 0) is 0 Å². The Morgan fingerprint density at radius 2 is 1.58 bits per heavy atom. The molecule has 0 atom stereocenters. The van der Waals surface area contributed by atoms with E-state index in [9.17, 15) is 0 Å². The number of nitrogens with zero attached hydrogens (tertiary/aromatic N) is 8. The third kappa shape index (κ3) is 3.02. The molecule has 0 amide bonds. The molecule has 0 aliphatic heterocycles. The van der Waals surface area contributed by atoms with E-state index in [1.165, 1.54) is 11.8 Å². The Morgan fingerprint density at radius 1 is 0.885 bits per heavy atom. The predicted molar refractivity (Wildman–Crippen MR) is 93.7 cm³/mol. The molecule has 10 heteroatoms. The van der Waals surface area contributed by atoms with E-state index >= 15 is 0 Å². The van der Waals surface area contributed by atoms with Crippen molar-refractivity contribution in [2.75, 3.05) is 7.11 Å². The fraction of sp³-hybridized carbons (Fsp3) is 0.125. The fourth-order valence-corrected chi connectivity index (χ4v) is 3.18. The summed E-state index contributed by atoms with van der Waals surface area (Å²) in [4.78, 5) is 0. The predicted octanol–water partition coefficient (Wildman–Crippen LogP) is 2.11. The SMILES string of the molecule is COc1ccc(C)cc1-n1nnnc1Sc1nnnn1-c1ccccc1. The first-order valence-corrected chi connectivity index (χ1v) is 8.53. The van der Waals surface area contributed by atoms with Crippen LogP contribution in [0.4, 0.5) is 0 Å². The minimum absolute atomic E-state index is 0.529. The largest absolute Gasteiger partial charge is 0.494 e. The van der Waals surface area contributed by atoms with Gasteiger partial charge in [0.2, 0.25) is 10.3 Å². The number of para-hydroxylation sites is 1. The molecule has 0 bridgehead atoms. The molecule has 0 fully saturated rings. The van der Waals surface area contributed by atoms with Crippen molar-refractivity contribution in [3.63, 3.8) is 0 Å². The van der Waals surface area contributed by atoms with Gasteiger partial charge in [0.25, 0.3) is 0 Å². The van der Waals surface area contributed by atoms with Gasteiger partial charge in [-0.25, -0.2) is 0 Å². The van der Waals surface area contributed by atoms with Gasteiger partial charge in [-0.05, 0) is 69.4 Å².